The lowest BCUT2D eigenvalue weighted by Crippen LogP contribution is -2.37. The average Bonchev–Trinajstić information content (AvgIpc) is 2.30. The van der Waals surface area contributed by atoms with Gasteiger partial charge in [0.1, 0.15) is 6.61 Å². The average molecular weight is 230 g/mol. The van der Waals surface area contributed by atoms with Crippen LogP contribution < -0.4 is 0 Å². The standard InChI is InChI=1S/C11H22O3Si/c1-5-11(12)13-9-10-14-15(6-2,7-3)8-4/h5H,1,6-10H2,2-4H3. The second-order valence-electron chi connectivity index (χ2n) is 3.46. The van der Waals surface area contributed by atoms with Crippen molar-refractivity contribution in [1.82, 2.24) is 0 Å². The SMILES string of the molecule is C=CC(=O)OCCO[Si](CC)(CC)CC. The summed E-state index contributed by atoms with van der Waals surface area (Å²) in [6.07, 6.45) is 1.17. The number of ether oxygens (including phenoxy) is 1. The smallest absolute Gasteiger partial charge is 0.330 e. The molecule has 0 aromatic heterocycles. The number of hydrogen-bond acceptors (Lipinski definition) is 3. The summed E-state index contributed by atoms with van der Waals surface area (Å²) in [5.41, 5.74) is 0. The summed E-state index contributed by atoms with van der Waals surface area (Å²) in [4.78, 5) is 10.8. The van der Waals surface area contributed by atoms with Crippen molar-refractivity contribution in [3.05, 3.63) is 12.7 Å². The van der Waals surface area contributed by atoms with Gasteiger partial charge in [-0.15, -0.1) is 0 Å². The van der Waals surface area contributed by atoms with Crippen LogP contribution in [0, 0.1) is 0 Å². The molecule has 0 N–H and O–H groups in total. The van der Waals surface area contributed by atoms with E-state index in [2.05, 4.69) is 27.4 Å². The van der Waals surface area contributed by atoms with Gasteiger partial charge in [-0.3, -0.25) is 0 Å². The number of carbonyl (C=O) groups is 1. The number of esters is 1. The van der Waals surface area contributed by atoms with Gasteiger partial charge in [-0.1, -0.05) is 27.4 Å². The van der Waals surface area contributed by atoms with Gasteiger partial charge in [0.05, 0.1) is 6.61 Å². The molecular formula is C11H22O3Si. The Balaban J connectivity index is 3.81. The van der Waals surface area contributed by atoms with E-state index in [9.17, 15) is 4.79 Å². The molecule has 0 saturated heterocycles. The molecule has 0 saturated carbocycles. The van der Waals surface area contributed by atoms with Crippen molar-refractivity contribution in [2.45, 2.75) is 38.9 Å². The molecule has 88 valence electrons. The van der Waals surface area contributed by atoms with E-state index in [-0.39, 0.29) is 5.97 Å². The zero-order valence-electron chi connectivity index (χ0n) is 10.0. The molecule has 0 radical (unpaired) electrons. The third-order valence-electron chi connectivity index (χ3n) is 2.84. The Bertz CT molecular complexity index is 192. The van der Waals surface area contributed by atoms with Gasteiger partial charge in [-0.2, -0.15) is 0 Å². The zero-order valence-corrected chi connectivity index (χ0v) is 11.0. The fourth-order valence-electron chi connectivity index (χ4n) is 1.52. The van der Waals surface area contributed by atoms with Crippen LogP contribution in [-0.4, -0.2) is 27.5 Å². The molecule has 0 aromatic rings. The van der Waals surface area contributed by atoms with E-state index in [0.29, 0.717) is 13.2 Å². The summed E-state index contributed by atoms with van der Waals surface area (Å²) >= 11 is 0. The third kappa shape index (κ3) is 5.13. The normalized spacial score (nSPS) is 11.1. The van der Waals surface area contributed by atoms with Gasteiger partial charge < -0.3 is 9.16 Å². The van der Waals surface area contributed by atoms with Gasteiger partial charge in [0.2, 0.25) is 0 Å². The maximum absolute atomic E-state index is 10.8. The van der Waals surface area contributed by atoms with Crippen LogP contribution in [0.15, 0.2) is 12.7 Å². The maximum atomic E-state index is 10.8. The lowest BCUT2D eigenvalue weighted by Gasteiger charge is -2.27. The third-order valence-corrected chi connectivity index (χ3v) is 7.52. The fraction of sp³-hybridized carbons (Fsp3) is 0.727. The molecular weight excluding hydrogens is 208 g/mol. The first-order chi connectivity index (χ1) is 7.14. The van der Waals surface area contributed by atoms with Gasteiger partial charge in [0.15, 0.2) is 8.32 Å². The molecule has 0 rings (SSSR count). The van der Waals surface area contributed by atoms with Crippen LogP contribution in [0.4, 0.5) is 0 Å². The molecule has 0 aliphatic rings. The van der Waals surface area contributed by atoms with Crippen LogP contribution in [0.3, 0.4) is 0 Å². The van der Waals surface area contributed by atoms with Gasteiger partial charge in [-0.05, 0) is 18.1 Å². The molecule has 0 spiro atoms. The van der Waals surface area contributed by atoms with Crippen molar-refractivity contribution >= 4 is 14.3 Å². The van der Waals surface area contributed by atoms with Crippen LogP contribution in [0.1, 0.15) is 20.8 Å². The predicted octanol–water partition coefficient (Wildman–Crippen LogP) is 2.74. The van der Waals surface area contributed by atoms with Gasteiger partial charge in [-0.25, -0.2) is 4.79 Å². The van der Waals surface area contributed by atoms with Crippen molar-refractivity contribution in [3.8, 4) is 0 Å². The molecule has 0 unspecified atom stereocenters. The first-order valence-corrected chi connectivity index (χ1v) is 8.10. The van der Waals surface area contributed by atoms with Crippen LogP contribution >= 0.6 is 0 Å². The minimum Gasteiger partial charge on any atom is -0.460 e. The van der Waals surface area contributed by atoms with Crippen LogP contribution in [-0.2, 0) is 14.0 Å². The molecule has 0 fully saturated rings. The Labute approximate surface area is 93.6 Å². The van der Waals surface area contributed by atoms with Crippen LogP contribution in [0.2, 0.25) is 18.1 Å². The summed E-state index contributed by atoms with van der Waals surface area (Å²) < 4.78 is 10.8. The molecule has 0 atom stereocenters. The van der Waals surface area contributed by atoms with E-state index in [1.807, 2.05) is 0 Å². The van der Waals surface area contributed by atoms with Gasteiger partial charge in [0, 0.05) is 6.08 Å². The van der Waals surface area contributed by atoms with E-state index in [0.717, 1.165) is 18.1 Å². The minimum absolute atomic E-state index is 0.333. The van der Waals surface area contributed by atoms with Crippen LogP contribution in [0.25, 0.3) is 0 Å². The lowest BCUT2D eigenvalue weighted by atomic mass is 10.6. The summed E-state index contributed by atoms with van der Waals surface area (Å²) in [5, 5.41) is 0. The van der Waals surface area contributed by atoms with E-state index in [4.69, 9.17) is 9.16 Å². The van der Waals surface area contributed by atoms with Gasteiger partial charge in [0.25, 0.3) is 0 Å². The molecule has 15 heavy (non-hydrogen) atoms. The highest BCUT2D eigenvalue weighted by atomic mass is 28.4. The van der Waals surface area contributed by atoms with Crippen molar-refractivity contribution in [2.75, 3.05) is 13.2 Å². The Morgan fingerprint density at radius 2 is 1.73 bits per heavy atom. The topological polar surface area (TPSA) is 35.5 Å². The van der Waals surface area contributed by atoms with Crippen molar-refractivity contribution < 1.29 is 14.0 Å². The quantitative estimate of drug-likeness (QED) is 0.278. The highest BCUT2D eigenvalue weighted by molar-refractivity contribution is 6.73. The molecule has 3 nitrogen and oxygen atoms in total. The molecule has 4 heteroatoms. The minimum atomic E-state index is -1.52. The van der Waals surface area contributed by atoms with Crippen molar-refractivity contribution in [2.24, 2.45) is 0 Å². The second-order valence-corrected chi connectivity index (χ2v) is 8.24. The largest absolute Gasteiger partial charge is 0.460 e. The van der Waals surface area contributed by atoms with E-state index in [1.54, 1.807) is 0 Å². The lowest BCUT2D eigenvalue weighted by molar-refractivity contribution is -0.138. The highest BCUT2D eigenvalue weighted by Gasteiger charge is 2.28. The fourth-order valence-corrected chi connectivity index (χ4v) is 4.14. The molecule has 0 aliphatic heterocycles. The molecule has 0 aliphatic carbocycles. The molecule has 0 bridgehead atoms. The van der Waals surface area contributed by atoms with E-state index in [1.165, 1.54) is 6.08 Å². The van der Waals surface area contributed by atoms with Crippen molar-refractivity contribution in [1.29, 1.82) is 0 Å². The monoisotopic (exact) mass is 230 g/mol. The zero-order chi connectivity index (χ0) is 11.7. The summed E-state index contributed by atoms with van der Waals surface area (Å²) in [7, 11) is -1.52. The highest BCUT2D eigenvalue weighted by Crippen LogP contribution is 2.21. The summed E-state index contributed by atoms with van der Waals surface area (Å²) in [5.74, 6) is -0.379. The summed E-state index contributed by atoms with van der Waals surface area (Å²) in [6.45, 7) is 10.7. The predicted molar refractivity (Wildman–Crippen MR) is 64.3 cm³/mol. The Kier molecular flexibility index (Phi) is 7.34. The Morgan fingerprint density at radius 3 is 2.13 bits per heavy atom. The first-order valence-electron chi connectivity index (χ1n) is 5.57. The van der Waals surface area contributed by atoms with Crippen molar-refractivity contribution in [3.63, 3.8) is 0 Å². The number of carbonyl (C=O) groups excluding carboxylic acids is 1. The van der Waals surface area contributed by atoms with E-state index < -0.39 is 8.32 Å². The molecule has 0 aromatic carbocycles. The van der Waals surface area contributed by atoms with Crippen LogP contribution in [0.5, 0.6) is 0 Å². The second kappa shape index (κ2) is 7.65. The maximum Gasteiger partial charge on any atom is 0.330 e. The molecule has 0 heterocycles. The Morgan fingerprint density at radius 1 is 1.20 bits per heavy atom. The van der Waals surface area contributed by atoms with Gasteiger partial charge >= 0.3 is 5.97 Å². The summed E-state index contributed by atoms with van der Waals surface area (Å²) in [6, 6.07) is 3.36. The molecule has 0 amide bonds. The Hall–Kier alpha value is -0.613. The number of rotatable bonds is 8. The number of hydrogen-bond donors (Lipinski definition) is 0. The van der Waals surface area contributed by atoms with E-state index >= 15 is 0 Å². The first kappa shape index (κ1) is 14.4.